The number of ether oxygens (including phenoxy) is 1. The molecular weight excluding hydrogens is 278 g/mol. The van der Waals surface area contributed by atoms with Crippen molar-refractivity contribution in [1.82, 2.24) is 14.8 Å². The molecule has 0 bridgehead atoms. The molecule has 0 spiro atoms. The number of esters is 1. The highest BCUT2D eigenvalue weighted by molar-refractivity contribution is 7.99. The van der Waals surface area contributed by atoms with Gasteiger partial charge in [-0.15, -0.1) is 10.2 Å². The molecule has 20 heavy (non-hydrogen) atoms. The molecule has 0 aliphatic carbocycles. The lowest BCUT2D eigenvalue weighted by Crippen LogP contribution is -2.06. The molecular formula is C13H17N3O3S. The molecule has 0 saturated heterocycles. The van der Waals surface area contributed by atoms with Crippen molar-refractivity contribution >= 4 is 17.7 Å². The average Bonchev–Trinajstić information content (AvgIpc) is 3.03. The summed E-state index contributed by atoms with van der Waals surface area (Å²) >= 11 is 1.33. The van der Waals surface area contributed by atoms with Crippen LogP contribution < -0.4 is 0 Å². The van der Waals surface area contributed by atoms with Crippen LogP contribution in [0.4, 0.5) is 0 Å². The monoisotopic (exact) mass is 295 g/mol. The Kier molecular flexibility index (Phi) is 4.84. The number of methoxy groups -OCH3 is 1. The van der Waals surface area contributed by atoms with Crippen molar-refractivity contribution < 1.29 is 13.9 Å². The summed E-state index contributed by atoms with van der Waals surface area (Å²) in [4.78, 5) is 11.2. The first-order valence-electron chi connectivity index (χ1n) is 6.34. The second-order valence-electron chi connectivity index (χ2n) is 4.21. The number of carbonyl (C=O) groups is 1. The van der Waals surface area contributed by atoms with E-state index in [1.165, 1.54) is 18.9 Å². The maximum Gasteiger partial charge on any atom is 0.316 e. The van der Waals surface area contributed by atoms with Gasteiger partial charge in [-0.1, -0.05) is 18.7 Å². The molecule has 0 atom stereocenters. The Balaban J connectivity index is 2.28. The predicted molar refractivity (Wildman–Crippen MR) is 75.5 cm³/mol. The van der Waals surface area contributed by atoms with E-state index in [0.29, 0.717) is 5.16 Å². The van der Waals surface area contributed by atoms with Gasteiger partial charge in [0.25, 0.3) is 0 Å². The number of furan rings is 1. The zero-order chi connectivity index (χ0) is 14.5. The van der Waals surface area contributed by atoms with Crippen LogP contribution in [0.25, 0.3) is 11.4 Å². The molecule has 2 aromatic rings. The van der Waals surface area contributed by atoms with Crippen molar-refractivity contribution in [3.05, 3.63) is 18.1 Å². The fraction of sp³-hybridized carbons (Fsp3) is 0.462. The number of nitrogens with zero attached hydrogens (tertiary/aromatic N) is 3. The first kappa shape index (κ1) is 14.6. The third-order valence-corrected chi connectivity index (χ3v) is 3.75. The van der Waals surface area contributed by atoms with Gasteiger partial charge in [0.1, 0.15) is 5.76 Å². The van der Waals surface area contributed by atoms with Crippen LogP contribution in [0.5, 0.6) is 0 Å². The van der Waals surface area contributed by atoms with Gasteiger partial charge in [0.05, 0.1) is 24.7 Å². The minimum atomic E-state index is -0.276. The number of thioether (sulfide) groups is 1. The molecule has 0 fully saturated rings. The van der Waals surface area contributed by atoms with Gasteiger partial charge in [0, 0.05) is 6.54 Å². The number of aromatic nitrogens is 3. The van der Waals surface area contributed by atoms with Crippen LogP contribution in [0.1, 0.15) is 19.1 Å². The molecule has 0 aromatic carbocycles. The first-order valence-corrected chi connectivity index (χ1v) is 7.33. The fourth-order valence-corrected chi connectivity index (χ4v) is 2.62. The summed E-state index contributed by atoms with van der Waals surface area (Å²) in [6, 6.07) is 1.88. The summed E-state index contributed by atoms with van der Waals surface area (Å²) in [6.07, 6.45) is 2.59. The van der Waals surface area contributed by atoms with Crippen LogP contribution in [-0.4, -0.2) is 33.6 Å². The molecule has 6 nitrogen and oxygen atoms in total. The minimum absolute atomic E-state index is 0.225. The number of hydrogen-bond donors (Lipinski definition) is 0. The van der Waals surface area contributed by atoms with Gasteiger partial charge in [-0.25, -0.2) is 0 Å². The van der Waals surface area contributed by atoms with E-state index in [1.807, 2.05) is 17.6 Å². The Hall–Kier alpha value is -1.76. The molecule has 2 aromatic heterocycles. The molecule has 0 unspecified atom stereocenters. The van der Waals surface area contributed by atoms with Crippen molar-refractivity contribution in [2.45, 2.75) is 32.0 Å². The van der Waals surface area contributed by atoms with Crippen LogP contribution in [0.15, 0.2) is 21.9 Å². The molecule has 2 rings (SSSR count). The van der Waals surface area contributed by atoms with Crippen LogP contribution in [-0.2, 0) is 16.1 Å². The second-order valence-corrected chi connectivity index (χ2v) is 5.16. The summed E-state index contributed by atoms with van der Waals surface area (Å²) in [6.45, 7) is 4.76. The summed E-state index contributed by atoms with van der Waals surface area (Å²) in [7, 11) is 1.37. The predicted octanol–water partition coefficient (Wildman–Crippen LogP) is 2.52. The van der Waals surface area contributed by atoms with E-state index in [1.54, 1.807) is 6.26 Å². The quantitative estimate of drug-likeness (QED) is 0.602. The smallest absolute Gasteiger partial charge is 0.316 e. The topological polar surface area (TPSA) is 70.2 Å². The number of aryl methyl sites for hydroxylation is 1. The first-order chi connectivity index (χ1) is 9.67. The van der Waals surface area contributed by atoms with Crippen molar-refractivity contribution in [2.75, 3.05) is 12.9 Å². The van der Waals surface area contributed by atoms with Crippen molar-refractivity contribution in [3.8, 4) is 11.4 Å². The molecule has 0 aliphatic heterocycles. The highest BCUT2D eigenvalue weighted by Gasteiger charge is 2.17. The summed E-state index contributed by atoms with van der Waals surface area (Å²) in [5, 5.41) is 9.10. The van der Waals surface area contributed by atoms with Crippen LogP contribution in [0.3, 0.4) is 0 Å². The van der Waals surface area contributed by atoms with E-state index in [2.05, 4.69) is 21.9 Å². The molecule has 2 heterocycles. The van der Waals surface area contributed by atoms with Gasteiger partial charge >= 0.3 is 5.97 Å². The molecule has 7 heteroatoms. The molecule has 0 saturated carbocycles. The summed E-state index contributed by atoms with van der Waals surface area (Å²) in [5.41, 5.74) is 0.927. The Morgan fingerprint density at radius 3 is 2.90 bits per heavy atom. The molecule has 0 amide bonds. The Morgan fingerprint density at radius 1 is 1.50 bits per heavy atom. The molecule has 0 aliphatic rings. The lowest BCUT2D eigenvalue weighted by atomic mass is 10.2. The minimum Gasteiger partial charge on any atom is -0.469 e. The van der Waals surface area contributed by atoms with E-state index in [0.717, 1.165) is 30.1 Å². The van der Waals surface area contributed by atoms with Crippen LogP contribution >= 0.6 is 11.8 Å². The number of hydrogen-bond acceptors (Lipinski definition) is 6. The van der Waals surface area contributed by atoms with Gasteiger partial charge in [-0.3, -0.25) is 4.79 Å². The zero-order valence-electron chi connectivity index (χ0n) is 11.8. The van der Waals surface area contributed by atoms with Gasteiger partial charge in [-0.2, -0.15) is 0 Å². The van der Waals surface area contributed by atoms with Gasteiger partial charge in [0.15, 0.2) is 11.0 Å². The third kappa shape index (κ3) is 3.04. The highest BCUT2D eigenvalue weighted by atomic mass is 32.2. The van der Waals surface area contributed by atoms with E-state index >= 15 is 0 Å². The third-order valence-electron chi connectivity index (χ3n) is 2.81. The second kappa shape index (κ2) is 6.60. The standard InChI is InChI=1S/C13H17N3O3S/c1-4-6-16-12(10-5-7-19-9(10)2)14-15-13(16)20-8-11(17)18-3/h5,7H,4,6,8H2,1-3H3. The van der Waals surface area contributed by atoms with E-state index in [-0.39, 0.29) is 11.7 Å². The lowest BCUT2D eigenvalue weighted by Gasteiger charge is -2.07. The maximum absolute atomic E-state index is 11.2. The maximum atomic E-state index is 11.2. The number of carbonyl (C=O) groups excluding carboxylic acids is 1. The normalized spacial score (nSPS) is 10.8. The Morgan fingerprint density at radius 2 is 2.30 bits per heavy atom. The van der Waals surface area contributed by atoms with Gasteiger partial charge in [-0.05, 0) is 19.4 Å². The van der Waals surface area contributed by atoms with Crippen molar-refractivity contribution in [3.63, 3.8) is 0 Å². The van der Waals surface area contributed by atoms with Crippen molar-refractivity contribution in [2.24, 2.45) is 0 Å². The van der Waals surface area contributed by atoms with Gasteiger partial charge < -0.3 is 13.7 Å². The molecule has 108 valence electrons. The SMILES string of the molecule is CCCn1c(SCC(=O)OC)nnc1-c1ccoc1C. The van der Waals surface area contributed by atoms with Gasteiger partial charge in [0.2, 0.25) is 0 Å². The van der Waals surface area contributed by atoms with Crippen LogP contribution in [0.2, 0.25) is 0 Å². The van der Waals surface area contributed by atoms with Crippen LogP contribution in [0, 0.1) is 6.92 Å². The highest BCUT2D eigenvalue weighted by Crippen LogP contribution is 2.27. The fourth-order valence-electron chi connectivity index (χ4n) is 1.82. The largest absolute Gasteiger partial charge is 0.469 e. The lowest BCUT2D eigenvalue weighted by molar-refractivity contribution is -0.137. The van der Waals surface area contributed by atoms with Crippen molar-refractivity contribution in [1.29, 1.82) is 0 Å². The molecule has 0 radical (unpaired) electrons. The summed E-state index contributed by atoms with van der Waals surface area (Å²) < 4.78 is 12.0. The van der Waals surface area contributed by atoms with E-state index < -0.39 is 0 Å². The summed E-state index contributed by atoms with van der Waals surface area (Å²) in [5.74, 6) is 1.52. The Bertz CT molecular complexity index is 591. The van der Waals surface area contributed by atoms with E-state index in [4.69, 9.17) is 4.42 Å². The molecule has 0 N–H and O–H groups in total. The Labute approximate surface area is 121 Å². The van der Waals surface area contributed by atoms with E-state index in [9.17, 15) is 4.79 Å². The zero-order valence-corrected chi connectivity index (χ0v) is 12.6. The number of rotatable bonds is 6. The average molecular weight is 295 g/mol.